The van der Waals surface area contributed by atoms with Gasteiger partial charge >= 0.3 is 0 Å². The van der Waals surface area contributed by atoms with Gasteiger partial charge in [-0.3, -0.25) is 4.90 Å². The Morgan fingerprint density at radius 2 is 2.35 bits per heavy atom. The average molecular weight is 235 g/mol. The summed E-state index contributed by atoms with van der Waals surface area (Å²) in [5.74, 6) is 1.70. The molecule has 2 fully saturated rings. The molecule has 1 aromatic heterocycles. The van der Waals surface area contributed by atoms with Gasteiger partial charge in [-0.15, -0.1) is 0 Å². The van der Waals surface area contributed by atoms with E-state index >= 15 is 0 Å². The molecule has 0 amide bonds. The maximum atomic E-state index is 5.47. The molecular formula is C13H21N3O. The number of nitrogens with zero attached hydrogens (tertiary/aromatic N) is 2. The number of rotatable bonds is 4. The lowest BCUT2D eigenvalue weighted by Gasteiger charge is -2.19. The summed E-state index contributed by atoms with van der Waals surface area (Å²) in [6, 6.07) is 2.20. The fraction of sp³-hybridized carbons (Fsp3) is 0.769. The lowest BCUT2D eigenvalue weighted by molar-refractivity contribution is 0.254. The predicted molar refractivity (Wildman–Crippen MR) is 65.7 cm³/mol. The zero-order valence-electron chi connectivity index (χ0n) is 10.6. The summed E-state index contributed by atoms with van der Waals surface area (Å²) in [5.41, 5.74) is 0. The van der Waals surface area contributed by atoms with Crippen LogP contribution in [0.4, 0.5) is 0 Å². The van der Waals surface area contributed by atoms with E-state index in [0.29, 0.717) is 6.04 Å². The molecule has 2 aliphatic rings. The lowest BCUT2D eigenvalue weighted by atomic mass is 10.2. The first-order valence-corrected chi connectivity index (χ1v) is 6.63. The zero-order chi connectivity index (χ0) is 11.8. The fourth-order valence-electron chi connectivity index (χ4n) is 2.83. The monoisotopic (exact) mass is 235 g/mol. The molecule has 1 aliphatic carbocycles. The van der Waals surface area contributed by atoms with E-state index in [4.69, 9.17) is 4.42 Å². The van der Waals surface area contributed by atoms with Crippen molar-refractivity contribution < 1.29 is 4.42 Å². The van der Waals surface area contributed by atoms with Crippen LogP contribution in [0.3, 0.4) is 0 Å². The van der Waals surface area contributed by atoms with E-state index in [1.165, 1.54) is 25.8 Å². The topological polar surface area (TPSA) is 41.3 Å². The second kappa shape index (κ2) is 4.42. The molecule has 1 aliphatic heterocycles. The van der Waals surface area contributed by atoms with Crippen molar-refractivity contribution in [2.45, 2.75) is 57.8 Å². The van der Waals surface area contributed by atoms with Gasteiger partial charge < -0.3 is 9.73 Å². The Bertz CT molecular complexity index is 386. The van der Waals surface area contributed by atoms with Gasteiger partial charge in [-0.25, -0.2) is 4.98 Å². The van der Waals surface area contributed by atoms with E-state index < -0.39 is 0 Å². The smallest absolute Gasteiger partial charge is 0.208 e. The van der Waals surface area contributed by atoms with E-state index in [-0.39, 0.29) is 0 Å². The maximum Gasteiger partial charge on any atom is 0.208 e. The maximum absolute atomic E-state index is 5.47. The van der Waals surface area contributed by atoms with Crippen LogP contribution in [0.5, 0.6) is 0 Å². The first kappa shape index (κ1) is 11.2. The highest BCUT2D eigenvalue weighted by Gasteiger charge is 2.38. The third kappa shape index (κ3) is 2.53. The average Bonchev–Trinajstić information content (AvgIpc) is 2.95. The molecule has 94 valence electrons. The molecule has 0 spiro atoms. The summed E-state index contributed by atoms with van der Waals surface area (Å²) in [5, 5.41) is 3.56. The molecule has 2 unspecified atom stereocenters. The molecule has 0 radical (unpaired) electrons. The largest absolute Gasteiger partial charge is 0.445 e. The normalized spacial score (nSPS) is 30.0. The van der Waals surface area contributed by atoms with Crippen molar-refractivity contribution in [3.8, 4) is 0 Å². The summed E-state index contributed by atoms with van der Waals surface area (Å²) in [6.07, 6.45) is 5.83. The van der Waals surface area contributed by atoms with Crippen LogP contribution >= 0.6 is 0 Å². The number of hydrogen-bond donors (Lipinski definition) is 1. The van der Waals surface area contributed by atoms with E-state index in [1.54, 1.807) is 6.20 Å². The predicted octanol–water partition coefficient (Wildman–Crippen LogP) is 1.70. The highest BCUT2D eigenvalue weighted by molar-refractivity contribution is 4.97. The Balaban J connectivity index is 1.49. The molecule has 17 heavy (non-hydrogen) atoms. The summed E-state index contributed by atoms with van der Waals surface area (Å²) in [6.45, 7) is 6.22. The van der Waals surface area contributed by atoms with Crippen LogP contribution in [0.25, 0.3) is 0 Å². The molecule has 2 atom stereocenters. The zero-order valence-corrected chi connectivity index (χ0v) is 10.6. The van der Waals surface area contributed by atoms with Crippen LogP contribution in [0, 0.1) is 6.92 Å². The Labute approximate surface area is 102 Å². The second-order valence-corrected chi connectivity index (χ2v) is 5.46. The Hall–Kier alpha value is -0.870. The number of hydrogen-bond acceptors (Lipinski definition) is 4. The van der Waals surface area contributed by atoms with Crippen LogP contribution in [0.1, 0.15) is 37.8 Å². The van der Waals surface area contributed by atoms with Crippen molar-refractivity contribution in [2.24, 2.45) is 0 Å². The van der Waals surface area contributed by atoms with Gasteiger partial charge in [0.15, 0.2) is 0 Å². The molecule has 2 heterocycles. The summed E-state index contributed by atoms with van der Waals surface area (Å²) >= 11 is 0. The van der Waals surface area contributed by atoms with Gasteiger partial charge in [0, 0.05) is 24.7 Å². The van der Waals surface area contributed by atoms with Crippen LogP contribution in [0.2, 0.25) is 0 Å². The fourth-order valence-corrected chi connectivity index (χ4v) is 2.83. The molecular weight excluding hydrogens is 214 g/mol. The van der Waals surface area contributed by atoms with Crippen LogP contribution < -0.4 is 5.32 Å². The van der Waals surface area contributed by atoms with Crippen LogP contribution in [-0.2, 0) is 6.54 Å². The molecule has 0 bridgehead atoms. The van der Waals surface area contributed by atoms with Crippen molar-refractivity contribution in [2.75, 3.05) is 6.54 Å². The first-order valence-electron chi connectivity index (χ1n) is 6.63. The number of aryl methyl sites for hydroxylation is 1. The van der Waals surface area contributed by atoms with Gasteiger partial charge in [0.25, 0.3) is 0 Å². The Morgan fingerprint density at radius 3 is 3.00 bits per heavy atom. The Kier molecular flexibility index (Phi) is 2.92. The number of oxazole rings is 1. The van der Waals surface area contributed by atoms with Gasteiger partial charge in [-0.1, -0.05) is 0 Å². The minimum absolute atomic E-state index is 0.595. The molecule has 1 saturated heterocycles. The third-order valence-electron chi connectivity index (χ3n) is 3.85. The number of nitrogens with one attached hydrogen (secondary N) is 1. The third-order valence-corrected chi connectivity index (χ3v) is 3.85. The van der Waals surface area contributed by atoms with Crippen molar-refractivity contribution >= 4 is 0 Å². The molecule has 1 saturated carbocycles. The highest BCUT2D eigenvalue weighted by Crippen LogP contribution is 2.33. The van der Waals surface area contributed by atoms with Crippen molar-refractivity contribution in [3.63, 3.8) is 0 Å². The van der Waals surface area contributed by atoms with Gasteiger partial charge in [-0.05, 0) is 33.1 Å². The first-order chi connectivity index (χ1) is 8.22. The quantitative estimate of drug-likeness (QED) is 0.862. The van der Waals surface area contributed by atoms with E-state index in [9.17, 15) is 0 Å². The Morgan fingerprint density at radius 1 is 1.53 bits per heavy atom. The van der Waals surface area contributed by atoms with Crippen LogP contribution in [-0.4, -0.2) is 34.6 Å². The standard InChI is InChI=1S/C13H21N3O/c1-9-5-11(8-16(9)12-3-4-12)14-7-13-15-6-10(2)17-13/h6,9,11-12,14H,3-5,7-8H2,1-2H3. The van der Waals surface area contributed by atoms with E-state index in [0.717, 1.165) is 30.3 Å². The molecule has 1 N–H and O–H groups in total. The molecule has 4 nitrogen and oxygen atoms in total. The summed E-state index contributed by atoms with van der Waals surface area (Å²) in [7, 11) is 0. The number of likely N-dealkylation sites (tertiary alicyclic amines) is 1. The molecule has 0 aromatic carbocycles. The van der Waals surface area contributed by atoms with E-state index in [1.807, 2.05) is 6.92 Å². The van der Waals surface area contributed by atoms with Crippen molar-refractivity contribution in [1.29, 1.82) is 0 Å². The van der Waals surface area contributed by atoms with Crippen molar-refractivity contribution in [1.82, 2.24) is 15.2 Å². The van der Waals surface area contributed by atoms with Crippen molar-refractivity contribution in [3.05, 3.63) is 17.8 Å². The molecule has 4 heteroatoms. The van der Waals surface area contributed by atoms with Gasteiger partial charge in [0.05, 0.1) is 12.7 Å². The SMILES string of the molecule is Cc1cnc(CNC2CC(C)N(C3CC3)C2)o1. The van der Waals surface area contributed by atoms with Crippen LogP contribution in [0.15, 0.2) is 10.6 Å². The lowest BCUT2D eigenvalue weighted by Crippen LogP contribution is -2.33. The van der Waals surface area contributed by atoms with Gasteiger partial charge in [0.1, 0.15) is 5.76 Å². The number of aromatic nitrogens is 1. The summed E-state index contributed by atoms with van der Waals surface area (Å²) in [4.78, 5) is 6.87. The molecule has 3 rings (SSSR count). The second-order valence-electron chi connectivity index (χ2n) is 5.46. The molecule has 1 aromatic rings. The highest BCUT2D eigenvalue weighted by atomic mass is 16.4. The minimum Gasteiger partial charge on any atom is -0.445 e. The van der Waals surface area contributed by atoms with Gasteiger partial charge in [0.2, 0.25) is 5.89 Å². The van der Waals surface area contributed by atoms with E-state index in [2.05, 4.69) is 22.1 Å². The minimum atomic E-state index is 0.595. The summed E-state index contributed by atoms with van der Waals surface area (Å²) < 4.78 is 5.47. The van der Waals surface area contributed by atoms with Gasteiger partial charge in [-0.2, -0.15) is 0 Å².